The van der Waals surface area contributed by atoms with Crippen LogP contribution >= 0.6 is 35.8 Å². The molecule has 0 aliphatic carbocycles. The van der Waals surface area contributed by atoms with Gasteiger partial charge in [-0.2, -0.15) is 12.6 Å². The van der Waals surface area contributed by atoms with E-state index < -0.39 is 0 Å². The van der Waals surface area contributed by atoms with Crippen molar-refractivity contribution in [3.8, 4) is 0 Å². The van der Waals surface area contributed by atoms with E-state index in [0.29, 0.717) is 10.3 Å². The molecular formula is C7H8Cl2N2S. The van der Waals surface area contributed by atoms with Gasteiger partial charge in [-0.3, -0.25) is 0 Å². The van der Waals surface area contributed by atoms with Gasteiger partial charge in [-0.05, 0) is 18.6 Å². The van der Waals surface area contributed by atoms with Crippen LogP contribution < -0.4 is 0 Å². The van der Waals surface area contributed by atoms with E-state index in [1.54, 1.807) is 0 Å². The zero-order valence-electron chi connectivity index (χ0n) is 6.30. The molecule has 0 amide bonds. The van der Waals surface area contributed by atoms with Crippen LogP contribution in [0.2, 0.25) is 10.3 Å². The summed E-state index contributed by atoms with van der Waals surface area (Å²) in [6, 6.07) is 0. The lowest BCUT2D eigenvalue weighted by atomic mass is 10.2. The number of hydrogen-bond acceptors (Lipinski definition) is 3. The SMILES string of the molecule is SCCCc1c(Cl)ncnc1Cl. The summed E-state index contributed by atoms with van der Waals surface area (Å²) < 4.78 is 0. The minimum Gasteiger partial charge on any atom is -0.224 e. The molecular weight excluding hydrogens is 215 g/mol. The first-order chi connectivity index (χ1) is 5.75. The minimum absolute atomic E-state index is 0.441. The van der Waals surface area contributed by atoms with Crippen molar-refractivity contribution in [1.29, 1.82) is 0 Å². The van der Waals surface area contributed by atoms with E-state index >= 15 is 0 Å². The molecule has 0 aliphatic heterocycles. The van der Waals surface area contributed by atoms with Gasteiger partial charge in [-0.15, -0.1) is 0 Å². The number of halogens is 2. The van der Waals surface area contributed by atoms with Gasteiger partial charge in [0.2, 0.25) is 0 Å². The van der Waals surface area contributed by atoms with Crippen LogP contribution in [0.25, 0.3) is 0 Å². The summed E-state index contributed by atoms with van der Waals surface area (Å²) in [6.07, 6.45) is 3.06. The fourth-order valence-electron chi connectivity index (χ4n) is 0.833. The van der Waals surface area contributed by atoms with Gasteiger partial charge in [0.15, 0.2) is 0 Å². The Morgan fingerprint density at radius 2 is 1.83 bits per heavy atom. The Kier molecular flexibility index (Phi) is 4.12. The van der Waals surface area contributed by atoms with E-state index in [2.05, 4.69) is 22.6 Å². The summed E-state index contributed by atoms with van der Waals surface area (Å²) in [5, 5.41) is 0.883. The zero-order chi connectivity index (χ0) is 8.97. The molecule has 1 heterocycles. The lowest BCUT2D eigenvalue weighted by molar-refractivity contribution is 0.913. The van der Waals surface area contributed by atoms with Gasteiger partial charge in [-0.1, -0.05) is 23.2 Å². The smallest absolute Gasteiger partial charge is 0.137 e. The molecule has 0 aliphatic rings. The third kappa shape index (κ3) is 2.51. The van der Waals surface area contributed by atoms with E-state index in [4.69, 9.17) is 23.2 Å². The average Bonchev–Trinajstić information content (AvgIpc) is 2.04. The van der Waals surface area contributed by atoms with Gasteiger partial charge < -0.3 is 0 Å². The van der Waals surface area contributed by atoms with Gasteiger partial charge in [0.25, 0.3) is 0 Å². The third-order valence-corrected chi connectivity index (χ3v) is 2.39. The number of rotatable bonds is 3. The maximum atomic E-state index is 5.80. The number of aromatic nitrogens is 2. The summed E-state index contributed by atoms with van der Waals surface area (Å²) in [6.45, 7) is 0. The van der Waals surface area contributed by atoms with Crippen molar-refractivity contribution in [2.45, 2.75) is 12.8 Å². The van der Waals surface area contributed by atoms with E-state index in [-0.39, 0.29) is 0 Å². The second-order valence-corrected chi connectivity index (χ2v) is 3.42. The van der Waals surface area contributed by atoms with Crippen molar-refractivity contribution in [2.75, 3.05) is 5.75 Å². The highest BCUT2D eigenvalue weighted by Crippen LogP contribution is 2.20. The molecule has 12 heavy (non-hydrogen) atoms. The summed E-state index contributed by atoms with van der Waals surface area (Å²) >= 11 is 15.7. The van der Waals surface area contributed by atoms with Gasteiger partial charge in [0, 0.05) is 5.56 Å². The predicted octanol–water partition coefficient (Wildman–Crippen LogP) is 2.65. The first-order valence-electron chi connectivity index (χ1n) is 3.51. The molecule has 0 N–H and O–H groups in total. The standard InChI is InChI=1S/C7H8Cl2N2S/c8-6-5(2-1-3-12)7(9)11-4-10-6/h4,12H,1-3H2. The van der Waals surface area contributed by atoms with Crippen molar-refractivity contribution in [3.63, 3.8) is 0 Å². The lowest BCUT2D eigenvalue weighted by Crippen LogP contribution is -1.94. The largest absolute Gasteiger partial charge is 0.224 e. The van der Waals surface area contributed by atoms with Crippen LogP contribution in [0.3, 0.4) is 0 Å². The van der Waals surface area contributed by atoms with Gasteiger partial charge in [-0.25, -0.2) is 9.97 Å². The van der Waals surface area contributed by atoms with E-state index in [9.17, 15) is 0 Å². The zero-order valence-corrected chi connectivity index (χ0v) is 8.70. The summed E-state index contributed by atoms with van der Waals surface area (Å²) in [7, 11) is 0. The Bertz CT molecular complexity index is 247. The molecule has 0 bridgehead atoms. The fourth-order valence-corrected chi connectivity index (χ4v) is 1.50. The Balaban J connectivity index is 2.81. The normalized spacial score (nSPS) is 10.2. The molecule has 1 rings (SSSR count). The average molecular weight is 223 g/mol. The molecule has 0 spiro atoms. The maximum absolute atomic E-state index is 5.80. The molecule has 0 aromatic carbocycles. The highest BCUT2D eigenvalue weighted by molar-refractivity contribution is 7.80. The Labute approximate surface area is 86.7 Å². The van der Waals surface area contributed by atoms with Crippen LogP contribution in [0.15, 0.2) is 6.33 Å². The predicted molar refractivity (Wildman–Crippen MR) is 54.2 cm³/mol. The molecule has 2 nitrogen and oxygen atoms in total. The first kappa shape index (κ1) is 10.1. The summed E-state index contributed by atoms with van der Waals surface area (Å²) in [5.41, 5.74) is 0.815. The van der Waals surface area contributed by atoms with Crippen LogP contribution in [0.1, 0.15) is 12.0 Å². The van der Waals surface area contributed by atoms with Crippen molar-refractivity contribution in [1.82, 2.24) is 9.97 Å². The number of thiol groups is 1. The Morgan fingerprint density at radius 3 is 2.33 bits per heavy atom. The third-order valence-electron chi connectivity index (χ3n) is 1.43. The van der Waals surface area contributed by atoms with Gasteiger partial charge in [0.1, 0.15) is 16.6 Å². The van der Waals surface area contributed by atoms with Crippen LogP contribution in [-0.4, -0.2) is 15.7 Å². The second-order valence-electron chi connectivity index (χ2n) is 2.26. The molecule has 1 aromatic rings. The Morgan fingerprint density at radius 1 is 1.25 bits per heavy atom. The van der Waals surface area contributed by atoms with E-state index in [0.717, 1.165) is 24.2 Å². The molecule has 0 saturated heterocycles. The molecule has 66 valence electrons. The van der Waals surface area contributed by atoms with Crippen molar-refractivity contribution >= 4 is 35.8 Å². The number of nitrogens with zero attached hydrogens (tertiary/aromatic N) is 2. The molecule has 1 aromatic heterocycles. The van der Waals surface area contributed by atoms with E-state index in [1.807, 2.05) is 0 Å². The molecule has 0 fully saturated rings. The Hall–Kier alpha value is 0.01000. The summed E-state index contributed by atoms with van der Waals surface area (Å²) in [4.78, 5) is 7.68. The van der Waals surface area contributed by atoms with Gasteiger partial charge in [0.05, 0.1) is 0 Å². The van der Waals surface area contributed by atoms with Crippen LogP contribution in [-0.2, 0) is 6.42 Å². The second kappa shape index (κ2) is 4.90. The first-order valence-corrected chi connectivity index (χ1v) is 4.90. The van der Waals surface area contributed by atoms with Crippen molar-refractivity contribution in [3.05, 3.63) is 22.2 Å². The molecule has 0 unspecified atom stereocenters. The van der Waals surface area contributed by atoms with Crippen LogP contribution in [0.4, 0.5) is 0 Å². The van der Waals surface area contributed by atoms with Crippen LogP contribution in [0, 0.1) is 0 Å². The quantitative estimate of drug-likeness (QED) is 0.629. The van der Waals surface area contributed by atoms with E-state index in [1.165, 1.54) is 6.33 Å². The lowest BCUT2D eigenvalue weighted by Gasteiger charge is -2.02. The topological polar surface area (TPSA) is 25.8 Å². The highest BCUT2D eigenvalue weighted by atomic mass is 35.5. The molecule has 0 radical (unpaired) electrons. The fraction of sp³-hybridized carbons (Fsp3) is 0.429. The van der Waals surface area contributed by atoms with Crippen molar-refractivity contribution < 1.29 is 0 Å². The molecule has 0 atom stereocenters. The minimum atomic E-state index is 0.441. The molecule has 5 heteroatoms. The summed E-state index contributed by atoms with van der Waals surface area (Å²) in [5.74, 6) is 0.807. The van der Waals surface area contributed by atoms with Crippen molar-refractivity contribution in [2.24, 2.45) is 0 Å². The van der Waals surface area contributed by atoms with Gasteiger partial charge >= 0.3 is 0 Å². The maximum Gasteiger partial charge on any atom is 0.137 e. The number of hydrogen-bond donors (Lipinski definition) is 1. The highest BCUT2D eigenvalue weighted by Gasteiger charge is 2.06. The monoisotopic (exact) mass is 222 g/mol. The van der Waals surface area contributed by atoms with Crippen LogP contribution in [0.5, 0.6) is 0 Å². The molecule has 0 saturated carbocycles.